The van der Waals surface area contributed by atoms with Gasteiger partial charge in [-0.2, -0.15) is 0 Å². The number of ether oxygens (including phenoxy) is 1. The Morgan fingerprint density at radius 2 is 1.40 bits per heavy atom. The lowest BCUT2D eigenvalue weighted by molar-refractivity contribution is 0.115. The van der Waals surface area contributed by atoms with Gasteiger partial charge in [0.25, 0.3) is 0 Å². The number of rotatable bonds is 2. The molecule has 66 valence electrons. The van der Waals surface area contributed by atoms with E-state index in [1.807, 2.05) is 27.7 Å². The van der Waals surface area contributed by atoms with Gasteiger partial charge in [-0.3, -0.25) is 0 Å². The molecule has 10 heavy (non-hydrogen) atoms. The first kappa shape index (κ1) is 16.5. The van der Waals surface area contributed by atoms with E-state index in [-0.39, 0.29) is 0 Å². The Labute approximate surface area is 66.8 Å². The Hall–Kier alpha value is -0.0400. The summed E-state index contributed by atoms with van der Waals surface area (Å²) in [6.07, 6.45) is 1.54. The second kappa shape index (κ2) is 23.1. The van der Waals surface area contributed by atoms with Gasteiger partial charge in [0.05, 0.1) is 6.10 Å². The second-order valence-corrected chi connectivity index (χ2v) is 1.45. The van der Waals surface area contributed by atoms with Crippen molar-refractivity contribution in [3.63, 3.8) is 0 Å². The lowest BCUT2D eigenvalue weighted by Crippen LogP contribution is -2.00. The van der Waals surface area contributed by atoms with Crippen LogP contribution in [0.4, 0.5) is 0 Å². The normalized spacial score (nSPS) is 9.90. The van der Waals surface area contributed by atoms with Gasteiger partial charge in [-0.05, 0) is 13.3 Å². The van der Waals surface area contributed by atoms with Gasteiger partial charge in [-0.15, -0.1) is 0 Å². The molecule has 0 N–H and O–H groups in total. The van der Waals surface area contributed by atoms with E-state index in [0.717, 1.165) is 6.42 Å². The summed E-state index contributed by atoms with van der Waals surface area (Å²) in [6, 6.07) is 0. The van der Waals surface area contributed by atoms with Gasteiger partial charge in [0.1, 0.15) is 0 Å². The van der Waals surface area contributed by atoms with Crippen molar-refractivity contribution in [1.29, 1.82) is 0 Å². The molecule has 0 radical (unpaired) electrons. The molecule has 1 nitrogen and oxygen atoms in total. The van der Waals surface area contributed by atoms with Crippen molar-refractivity contribution >= 4 is 0 Å². The van der Waals surface area contributed by atoms with Gasteiger partial charge in [-0.25, -0.2) is 0 Å². The van der Waals surface area contributed by atoms with Crippen molar-refractivity contribution in [3.8, 4) is 0 Å². The van der Waals surface area contributed by atoms with Crippen LogP contribution >= 0.6 is 0 Å². The van der Waals surface area contributed by atoms with Crippen molar-refractivity contribution in [2.45, 2.75) is 54.1 Å². The van der Waals surface area contributed by atoms with Crippen molar-refractivity contribution in [2.75, 3.05) is 7.11 Å². The highest BCUT2D eigenvalue weighted by atomic mass is 16.5. The van der Waals surface area contributed by atoms with E-state index in [9.17, 15) is 0 Å². The summed E-state index contributed by atoms with van der Waals surface area (Å²) >= 11 is 0. The van der Waals surface area contributed by atoms with Crippen LogP contribution in [0.15, 0.2) is 0 Å². The highest BCUT2D eigenvalue weighted by molar-refractivity contribution is 4.38. The zero-order valence-electron chi connectivity index (χ0n) is 8.69. The van der Waals surface area contributed by atoms with Gasteiger partial charge < -0.3 is 4.74 Å². The van der Waals surface area contributed by atoms with Crippen LogP contribution in [0.2, 0.25) is 0 Å². The van der Waals surface area contributed by atoms with Crippen LogP contribution in [0.1, 0.15) is 48.0 Å². The largest absolute Gasteiger partial charge is 0.382 e. The van der Waals surface area contributed by atoms with E-state index < -0.39 is 0 Å². The Morgan fingerprint density at radius 1 is 1.10 bits per heavy atom. The molecule has 0 heterocycles. The van der Waals surface area contributed by atoms with Crippen LogP contribution in [-0.2, 0) is 4.74 Å². The third-order valence-electron chi connectivity index (χ3n) is 0.977. The third kappa shape index (κ3) is 24.6. The van der Waals surface area contributed by atoms with Crippen LogP contribution in [0.5, 0.6) is 0 Å². The minimum Gasteiger partial charge on any atom is -0.382 e. The summed E-state index contributed by atoms with van der Waals surface area (Å²) in [6.45, 7) is 12.2. The first-order valence-corrected chi connectivity index (χ1v) is 4.34. The van der Waals surface area contributed by atoms with Gasteiger partial charge in [-0.1, -0.05) is 34.6 Å². The number of methoxy groups -OCH3 is 1. The first-order chi connectivity index (χ1) is 4.81. The van der Waals surface area contributed by atoms with Crippen molar-refractivity contribution < 1.29 is 4.74 Å². The fourth-order valence-electron chi connectivity index (χ4n) is 0.167. The Kier molecular flexibility index (Phi) is 38.1. The fourth-order valence-corrected chi connectivity index (χ4v) is 0.167. The van der Waals surface area contributed by atoms with E-state index in [1.54, 1.807) is 7.11 Å². The molecule has 0 spiro atoms. The first-order valence-electron chi connectivity index (χ1n) is 4.34. The SMILES string of the molecule is CC.CC.CCC(C)OC. The van der Waals surface area contributed by atoms with Crippen molar-refractivity contribution in [2.24, 2.45) is 0 Å². The smallest absolute Gasteiger partial charge is 0.0540 e. The topological polar surface area (TPSA) is 9.23 Å². The summed E-state index contributed by atoms with van der Waals surface area (Å²) in [7, 11) is 1.73. The van der Waals surface area contributed by atoms with Crippen LogP contribution in [-0.4, -0.2) is 13.2 Å². The van der Waals surface area contributed by atoms with Crippen LogP contribution in [0.3, 0.4) is 0 Å². The van der Waals surface area contributed by atoms with Crippen molar-refractivity contribution in [3.05, 3.63) is 0 Å². The summed E-state index contributed by atoms with van der Waals surface area (Å²) in [5, 5.41) is 0. The van der Waals surface area contributed by atoms with Crippen LogP contribution in [0, 0.1) is 0 Å². The maximum absolute atomic E-state index is 4.90. The molecule has 0 aromatic rings. The zero-order chi connectivity index (χ0) is 8.99. The molecule has 0 aliphatic rings. The average Bonchev–Trinajstić information content (AvgIpc) is 2.10. The van der Waals surface area contributed by atoms with E-state index >= 15 is 0 Å². The Balaban J connectivity index is -0.000000105. The standard InChI is InChI=1S/C5H12O.2C2H6/c1-4-5(2)6-3;2*1-2/h5H,4H2,1-3H3;2*1-2H3. The summed E-state index contributed by atoms with van der Waals surface area (Å²) in [5.74, 6) is 0. The molecule has 0 rings (SSSR count). The van der Waals surface area contributed by atoms with Gasteiger partial charge in [0.2, 0.25) is 0 Å². The minimum atomic E-state index is 0.435. The predicted molar refractivity (Wildman–Crippen MR) is 49.5 cm³/mol. The molecule has 1 unspecified atom stereocenters. The van der Waals surface area contributed by atoms with Gasteiger partial charge in [0.15, 0.2) is 0 Å². The Morgan fingerprint density at radius 3 is 1.40 bits per heavy atom. The molecule has 1 heteroatoms. The van der Waals surface area contributed by atoms with Gasteiger partial charge in [0, 0.05) is 7.11 Å². The monoisotopic (exact) mass is 148 g/mol. The molecule has 0 bridgehead atoms. The lowest BCUT2D eigenvalue weighted by Gasteiger charge is -2.01. The molecule has 0 amide bonds. The van der Waals surface area contributed by atoms with E-state index in [1.165, 1.54) is 0 Å². The quantitative estimate of drug-likeness (QED) is 0.582. The second-order valence-electron chi connectivity index (χ2n) is 1.45. The van der Waals surface area contributed by atoms with Gasteiger partial charge >= 0.3 is 0 Å². The highest BCUT2D eigenvalue weighted by Gasteiger charge is 1.88. The molecule has 0 aliphatic carbocycles. The van der Waals surface area contributed by atoms with Crippen LogP contribution in [0.25, 0.3) is 0 Å². The molecule has 0 saturated carbocycles. The maximum atomic E-state index is 4.90. The summed E-state index contributed by atoms with van der Waals surface area (Å²) in [4.78, 5) is 0. The van der Waals surface area contributed by atoms with E-state index in [2.05, 4.69) is 13.8 Å². The molecule has 0 aliphatic heterocycles. The summed E-state index contributed by atoms with van der Waals surface area (Å²) in [5.41, 5.74) is 0. The molecule has 0 saturated heterocycles. The molecular weight excluding hydrogens is 124 g/mol. The molecule has 1 atom stereocenters. The maximum Gasteiger partial charge on any atom is 0.0540 e. The lowest BCUT2D eigenvalue weighted by atomic mass is 10.3. The molecule has 0 aromatic heterocycles. The number of hydrogen-bond acceptors (Lipinski definition) is 1. The molecule has 0 aromatic carbocycles. The fraction of sp³-hybridized carbons (Fsp3) is 1.00. The number of hydrogen-bond donors (Lipinski definition) is 0. The Bertz CT molecular complexity index is 23.9. The molecule has 0 fully saturated rings. The third-order valence-corrected chi connectivity index (χ3v) is 0.977. The summed E-state index contributed by atoms with van der Waals surface area (Å²) < 4.78 is 4.90. The highest BCUT2D eigenvalue weighted by Crippen LogP contribution is 1.89. The average molecular weight is 148 g/mol. The molecular formula is C9H24O. The zero-order valence-corrected chi connectivity index (χ0v) is 8.69. The van der Waals surface area contributed by atoms with Crippen LogP contribution < -0.4 is 0 Å². The van der Waals surface area contributed by atoms with Crippen molar-refractivity contribution in [1.82, 2.24) is 0 Å². The minimum absolute atomic E-state index is 0.435. The van der Waals surface area contributed by atoms with E-state index in [4.69, 9.17) is 4.74 Å². The predicted octanol–water partition coefficient (Wildman–Crippen LogP) is 3.48. The van der Waals surface area contributed by atoms with E-state index in [0.29, 0.717) is 6.10 Å².